The van der Waals surface area contributed by atoms with Gasteiger partial charge in [0.1, 0.15) is 6.10 Å². The highest BCUT2D eigenvalue weighted by Crippen LogP contribution is 2.20. The molecule has 73 heavy (non-hydrogen) atoms. The minimum atomic E-state index is -1.09. The monoisotopic (exact) mass is 1030 g/mol. The van der Waals surface area contributed by atoms with Crippen LogP contribution in [0.4, 0.5) is 0 Å². The lowest BCUT2D eigenvalue weighted by Crippen LogP contribution is -2.48. The number of nitrogens with one attached hydrogen (secondary N) is 1. The summed E-state index contributed by atoms with van der Waals surface area (Å²) in [7, 11) is 0. The molecule has 0 fully saturated rings. The molecule has 0 aromatic rings. The molecule has 0 saturated carbocycles. The molecule has 0 aliphatic rings. The van der Waals surface area contributed by atoms with E-state index in [1.165, 1.54) is 340 Å². The number of unbranched alkanes of at least 4 members (excludes halogenated alkanes) is 56. The Morgan fingerprint density at radius 2 is 0.534 bits per heavy atom. The van der Waals surface area contributed by atoms with Gasteiger partial charge in [-0.15, -0.1) is 0 Å². The van der Waals surface area contributed by atoms with E-state index in [4.69, 9.17) is 0 Å². The van der Waals surface area contributed by atoms with E-state index in [0.717, 1.165) is 32.1 Å². The SMILES string of the molecule is CCCCCCCCCCCCCCCCCCCCCCCCC/C=C/C(O)C(CO)NC(=O)C(O)CCCCCCCCCCCCCCCCCCCCCCCCCCCCCCCCCCCC. The highest BCUT2D eigenvalue weighted by Gasteiger charge is 2.22. The van der Waals surface area contributed by atoms with Gasteiger partial charge >= 0.3 is 0 Å². The minimum Gasteiger partial charge on any atom is -0.394 e. The third-order valence-corrected chi connectivity index (χ3v) is 16.4. The van der Waals surface area contributed by atoms with Gasteiger partial charge in [0.15, 0.2) is 0 Å². The lowest BCUT2D eigenvalue weighted by Gasteiger charge is -2.21. The zero-order chi connectivity index (χ0) is 52.9. The van der Waals surface area contributed by atoms with Crippen molar-refractivity contribution >= 4 is 5.91 Å². The van der Waals surface area contributed by atoms with Gasteiger partial charge in [-0.3, -0.25) is 4.79 Å². The molecule has 5 heteroatoms. The first kappa shape index (κ1) is 72.1. The van der Waals surface area contributed by atoms with E-state index in [-0.39, 0.29) is 6.61 Å². The van der Waals surface area contributed by atoms with Crippen LogP contribution in [-0.2, 0) is 4.79 Å². The maximum atomic E-state index is 12.6. The quantitative estimate of drug-likeness (QED) is 0.0361. The van der Waals surface area contributed by atoms with Crippen LogP contribution in [0.5, 0.6) is 0 Å². The summed E-state index contributed by atoms with van der Waals surface area (Å²) in [5.41, 5.74) is 0. The van der Waals surface area contributed by atoms with Gasteiger partial charge in [-0.1, -0.05) is 386 Å². The van der Waals surface area contributed by atoms with Gasteiger partial charge in [-0.05, 0) is 19.3 Å². The Morgan fingerprint density at radius 3 is 0.753 bits per heavy atom. The largest absolute Gasteiger partial charge is 0.394 e. The van der Waals surface area contributed by atoms with Crippen molar-refractivity contribution in [1.29, 1.82) is 0 Å². The summed E-state index contributed by atoms with van der Waals surface area (Å²) < 4.78 is 0. The second-order valence-electron chi connectivity index (χ2n) is 23.8. The average molecular weight is 1030 g/mol. The molecule has 3 unspecified atom stereocenters. The summed E-state index contributed by atoms with van der Waals surface area (Å²) >= 11 is 0. The fourth-order valence-electron chi connectivity index (χ4n) is 11.1. The molecule has 0 aromatic carbocycles. The third kappa shape index (κ3) is 58.6. The summed E-state index contributed by atoms with van der Waals surface area (Å²) in [6.07, 6.45) is 82.1. The summed E-state index contributed by atoms with van der Waals surface area (Å²) in [6, 6.07) is -0.796. The van der Waals surface area contributed by atoms with Gasteiger partial charge in [0, 0.05) is 0 Å². The van der Waals surface area contributed by atoms with E-state index in [1.807, 2.05) is 6.08 Å². The number of amides is 1. The Hall–Kier alpha value is -0.910. The van der Waals surface area contributed by atoms with Crippen molar-refractivity contribution < 1.29 is 20.1 Å². The third-order valence-electron chi connectivity index (χ3n) is 16.4. The Balaban J connectivity index is 3.46. The van der Waals surface area contributed by atoms with Crippen molar-refractivity contribution in [2.45, 2.75) is 411 Å². The van der Waals surface area contributed by atoms with E-state index in [0.29, 0.717) is 6.42 Å². The van der Waals surface area contributed by atoms with E-state index < -0.39 is 24.2 Å². The number of allylic oxidation sites excluding steroid dienone is 1. The second-order valence-corrected chi connectivity index (χ2v) is 23.8. The highest BCUT2D eigenvalue weighted by atomic mass is 16.3. The summed E-state index contributed by atoms with van der Waals surface area (Å²) in [4.78, 5) is 12.6. The molecule has 0 rings (SSSR count). The van der Waals surface area contributed by atoms with Gasteiger partial charge in [0.05, 0.1) is 18.8 Å². The van der Waals surface area contributed by atoms with E-state index in [9.17, 15) is 20.1 Å². The lowest BCUT2D eigenvalue weighted by atomic mass is 10.0. The maximum absolute atomic E-state index is 12.6. The lowest BCUT2D eigenvalue weighted by molar-refractivity contribution is -0.131. The first-order chi connectivity index (χ1) is 36.1. The predicted molar refractivity (Wildman–Crippen MR) is 324 cm³/mol. The Kier molecular flexibility index (Phi) is 62.8. The Labute approximate surface area is 459 Å². The molecule has 4 N–H and O–H groups in total. The van der Waals surface area contributed by atoms with Crippen molar-refractivity contribution in [3.05, 3.63) is 12.2 Å². The molecular formula is C68H135NO4. The molecular weight excluding hydrogens is 895 g/mol. The summed E-state index contributed by atoms with van der Waals surface area (Å²) in [5.74, 6) is -0.493. The van der Waals surface area contributed by atoms with Crippen molar-refractivity contribution in [2.24, 2.45) is 0 Å². The van der Waals surface area contributed by atoms with Gasteiger partial charge in [-0.2, -0.15) is 0 Å². The second kappa shape index (κ2) is 63.6. The van der Waals surface area contributed by atoms with Crippen LogP contribution in [0.15, 0.2) is 12.2 Å². The van der Waals surface area contributed by atoms with Gasteiger partial charge in [0.25, 0.3) is 0 Å². The molecule has 0 aliphatic heterocycles. The summed E-state index contributed by atoms with van der Waals surface area (Å²) in [5, 5.41) is 33.5. The molecule has 0 aliphatic carbocycles. The Morgan fingerprint density at radius 1 is 0.329 bits per heavy atom. The average Bonchev–Trinajstić information content (AvgIpc) is 3.40. The fraction of sp³-hybridized carbons (Fsp3) is 0.956. The van der Waals surface area contributed by atoms with Crippen LogP contribution in [0.25, 0.3) is 0 Å². The van der Waals surface area contributed by atoms with E-state index in [2.05, 4.69) is 19.2 Å². The van der Waals surface area contributed by atoms with E-state index in [1.54, 1.807) is 6.08 Å². The fourth-order valence-corrected chi connectivity index (χ4v) is 11.1. The zero-order valence-corrected chi connectivity index (χ0v) is 50.1. The number of hydrogen-bond acceptors (Lipinski definition) is 4. The van der Waals surface area contributed by atoms with Crippen molar-refractivity contribution in [3.63, 3.8) is 0 Å². The van der Waals surface area contributed by atoms with Crippen LogP contribution in [-0.4, -0.2) is 46.1 Å². The van der Waals surface area contributed by atoms with Gasteiger partial charge in [0.2, 0.25) is 5.91 Å². The smallest absolute Gasteiger partial charge is 0.249 e. The van der Waals surface area contributed by atoms with Crippen LogP contribution in [0.2, 0.25) is 0 Å². The van der Waals surface area contributed by atoms with E-state index >= 15 is 0 Å². The van der Waals surface area contributed by atoms with Crippen LogP contribution in [0.1, 0.15) is 393 Å². The molecule has 0 spiro atoms. The van der Waals surface area contributed by atoms with Crippen LogP contribution >= 0.6 is 0 Å². The normalized spacial score (nSPS) is 13.1. The number of hydrogen-bond donors (Lipinski definition) is 4. The predicted octanol–water partition coefficient (Wildman–Crippen LogP) is 21.8. The van der Waals surface area contributed by atoms with Gasteiger partial charge < -0.3 is 20.6 Å². The molecule has 0 radical (unpaired) electrons. The topological polar surface area (TPSA) is 89.8 Å². The minimum absolute atomic E-state index is 0.358. The Bertz CT molecular complexity index is 1050. The molecule has 436 valence electrons. The number of aliphatic hydroxyl groups is 3. The van der Waals surface area contributed by atoms with Crippen molar-refractivity contribution in [2.75, 3.05) is 6.61 Å². The molecule has 0 saturated heterocycles. The maximum Gasteiger partial charge on any atom is 0.249 e. The first-order valence-corrected chi connectivity index (χ1v) is 34.0. The molecule has 5 nitrogen and oxygen atoms in total. The van der Waals surface area contributed by atoms with Crippen molar-refractivity contribution in [3.8, 4) is 0 Å². The van der Waals surface area contributed by atoms with Crippen LogP contribution in [0.3, 0.4) is 0 Å². The standard InChI is InChI=1S/C68H135NO4/c1-3-5-7-9-11-13-15-17-19-21-23-25-27-29-30-31-32-33-34-35-36-37-39-41-43-45-47-49-51-53-55-57-59-61-63-67(72)68(73)69-65(64-70)66(71)62-60-58-56-54-52-50-48-46-44-42-40-38-28-26-24-22-20-18-16-14-12-10-8-6-4-2/h60,62,65-67,70-72H,3-59,61,63-64H2,1-2H3,(H,69,73)/b62-60+. The van der Waals surface area contributed by atoms with Crippen LogP contribution in [0, 0.1) is 0 Å². The van der Waals surface area contributed by atoms with Gasteiger partial charge in [-0.25, -0.2) is 0 Å². The number of aliphatic hydroxyl groups excluding tert-OH is 3. The number of carbonyl (C=O) groups excluding carboxylic acids is 1. The molecule has 0 heterocycles. The molecule has 0 bridgehead atoms. The highest BCUT2D eigenvalue weighted by molar-refractivity contribution is 5.80. The first-order valence-electron chi connectivity index (χ1n) is 34.0. The summed E-state index contributed by atoms with van der Waals surface area (Å²) in [6.45, 7) is 4.24. The number of carbonyl (C=O) groups is 1. The molecule has 0 aromatic heterocycles. The number of rotatable bonds is 64. The molecule has 3 atom stereocenters. The van der Waals surface area contributed by atoms with Crippen LogP contribution < -0.4 is 5.32 Å². The van der Waals surface area contributed by atoms with Crippen molar-refractivity contribution in [1.82, 2.24) is 5.32 Å². The zero-order valence-electron chi connectivity index (χ0n) is 50.1. The molecule has 1 amide bonds.